The van der Waals surface area contributed by atoms with E-state index >= 15 is 0 Å². The van der Waals surface area contributed by atoms with Gasteiger partial charge in [0.2, 0.25) is 0 Å². The third kappa shape index (κ3) is 73.4. The maximum Gasteiger partial charge on any atom is 0.472 e. The van der Waals surface area contributed by atoms with Crippen LogP contribution in [0.5, 0.6) is 0 Å². The molecule has 0 radical (unpaired) electrons. The van der Waals surface area contributed by atoms with Crippen LogP contribution in [-0.2, 0) is 65.4 Å². The fourth-order valence-corrected chi connectivity index (χ4v) is 14.1. The van der Waals surface area contributed by atoms with Crippen LogP contribution in [-0.4, -0.2) is 96.7 Å². The van der Waals surface area contributed by atoms with Crippen molar-refractivity contribution in [2.75, 3.05) is 39.6 Å². The van der Waals surface area contributed by atoms with Crippen molar-refractivity contribution in [2.24, 2.45) is 23.7 Å². The summed E-state index contributed by atoms with van der Waals surface area (Å²) in [6.45, 7) is 14.3. The second kappa shape index (κ2) is 71.0. The van der Waals surface area contributed by atoms with E-state index in [1.54, 1.807) is 0 Å². The Morgan fingerprint density at radius 3 is 0.703 bits per heavy atom. The van der Waals surface area contributed by atoms with Crippen molar-refractivity contribution >= 4 is 39.5 Å². The fourth-order valence-electron chi connectivity index (χ4n) is 12.5. The average molecular weight is 1480 g/mol. The predicted octanol–water partition coefficient (Wildman–Crippen LogP) is 24.4. The van der Waals surface area contributed by atoms with Gasteiger partial charge in [-0.25, -0.2) is 9.13 Å². The highest BCUT2D eigenvalue weighted by atomic mass is 31.2. The molecule has 0 rings (SSSR count). The number of aliphatic hydroxyl groups is 1. The molecule has 7 atom stereocenters. The largest absolute Gasteiger partial charge is 0.472 e. The number of carbonyl (C=O) groups excluding carboxylic acids is 4. The molecule has 0 bridgehead atoms. The highest BCUT2D eigenvalue weighted by molar-refractivity contribution is 7.47. The number of aliphatic hydroxyl groups excluding tert-OH is 1. The lowest BCUT2D eigenvalue weighted by atomic mass is 9.99. The highest BCUT2D eigenvalue weighted by Gasteiger charge is 2.30. The van der Waals surface area contributed by atoms with E-state index in [0.717, 1.165) is 114 Å². The number of ether oxygens (including phenoxy) is 4. The summed E-state index contributed by atoms with van der Waals surface area (Å²) < 4.78 is 68.7. The van der Waals surface area contributed by atoms with Gasteiger partial charge >= 0.3 is 39.5 Å². The number of hydrogen-bond donors (Lipinski definition) is 3. The summed E-state index contributed by atoms with van der Waals surface area (Å²) in [5.74, 6) is 1.01. The molecule has 0 heterocycles. The summed E-state index contributed by atoms with van der Waals surface area (Å²) in [5.41, 5.74) is 0. The number of esters is 4. The second-order valence-electron chi connectivity index (χ2n) is 31.0. The minimum absolute atomic E-state index is 0.105. The molecule has 0 aliphatic carbocycles. The normalized spacial score (nSPS) is 14.5. The third-order valence-electron chi connectivity index (χ3n) is 19.8. The van der Waals surface area contributed by atoms with Gasteiger partial charge in [-0.05, 0) is 49.4 Å². The average Bonchev–Trinajstić information content (AvgIpc) is 0.933. The topological polar surface area (TPSA) is 237 Å². The van der Waals surface area contributed by atoms with Crippen LogP contribution < -0.4 is 0 Å². The van der Waals surface area contributed by atoms with E-state index in [-0.39, 0.29) is 25.7 Å². The quantitative estimate of drug-likeness (QED) is 0.0222. The van der Waals surface area contributed by atoms with E-state index < -0.39 is 97.5 Å². The van der Waals surface area contributed by atoms with Crippen molar-refractivity contribution in [2.45, 2.75) is 440 Å². The molecule has 5 unspecified atom stereocenters. The van der Waals surface area contributed by atoms with Crippen LogP contribution in [0.3, 0.4) is 0 Å². The molecule has 0 spiro atoms. The lowest BCUT2D eigenvalue weighted by Crippen LogP contribution is -2.30. The molecule has 101 heavy (non-hydrogen) atoms. The Morgan fingerprint density at radius 1 is 0.277 bits per heavy atom. The molecule has 3 N–H and O–H groups in total. The summed E-state index contributed by atoms with van der Waals surface area (Å²) in [6.07, 6.45) is 58.5. The first-order valence-electron chi connectivity index (χ1n) is 42.3. The van der Waals surface area contributed by atoms with Crippen LogP contribution in [0.4, 0.5) is 0 Å². The Kier molecular flexibility index (Phi) is 69.6. The van der Waals surface area contributed by atoms with Crippen molar-refractivity contribution in [1.82, 2.24) is 0 Å². The Labute approximate surface area is 619 Å². The van der Waals surface area contributed by atoms with E-state index in [4.69, 9.17) is 37.0 Å². The standard InChI is InChI=1S/C82H160O17P2/c1-9-74(7)60-52-44-35-29-25-21-17-13-11-12-14-18-22-26-30-37-46-54-62-79(84)92-68-77(99-82(87)65-57-49-39-33-32-36-45-53-61-75(8)10-2)70-96-100(88,89)94-66-76(83)67-95-101(90,91)97-71-78(69-93-80(85)63-55-47-41-40-43-51-59-73(5)6)98-81(86)64-56-48-38-31-27-23-19-15-16-20-24-28-34-42-50-58-72(3)4/h72-78,83H,9-71H2,1-8H3,(H,88,89)(H,90,91)/t74?,75?,76?,77-,78-/m1/s1. The minimum atomic E-state index is -4.96. The van der Waals surface area contributed by atoms with Crippen molar-refractivity contribution < 1.29 is 80.2 Å². The van der Waals surface area contributed by atoms with Gasteiger partial charge in [-0.1, -0.05) is 370 Å². The van der Waals surface area contributed by atoms with Gasteiger partial charge in [0.15, 0.2) is 12.2 Å². The monoisotopic (exact) mass is 1480 g/mol. The van der Waals surface area contributed by atoms with Crippen molar-refractivity contribution in [3.63, 3.8) is 0 Å². The summed E-state index contributed by atoms with van der Waals surface area (Å²) in [5, 5.41) is 10.6. The van der Waals surface area contributed by atoms with Gasteiger partial charge in [0, 0.05) is 25.7 Å². The number of unbranched alkanes of at least 4 members (excludes halogenated alkanes) is 43. The Balaban J connectivity index is 5.15. The Bertz CT molecular complexity index is 1980. The van der Waals surface area contributed by atoms with E-state index in [0.29, 0.717) is 31.6 Å². The van der Waals surface area contributed by atoms with Crippen LogP contribution in [0.2, 0.25) is 0 Å². The van der Waals surface area contributed by atoms with E-state index in [1.165, 1.54) is 218 Å². The van der Waals surface area contributed by atoms with Crippen LogP contribution in [0.15, 0.2) is 0 Å². The molecule has 19 heteroatoms. The lowest BCUT2D eigenvalue weighted by molar-refractivity contribution is -0.161. The highest BCUT2D eigenvalue weighted by Crippen LogP contribution is 2.45. The summed E-state index contributed by atoms with van der Waals surface area (Å²) >= 11 is 0. The smallest absolute Gasteiger partial charge is 0.462 e. The minimum Gasteiger partial charge on any atom is -0.462 e. The third-order valence-corrected chi connectivity index (χ3v) is 21.7. The van der Waals surface area contributed by atoms with E-state index in [2.05, 4.69) is 55.4 Å². The summed E-state index contributed by atoms with van der Waals surface area (Å²) in [7, 11) is -9.92. The molecule has 17 nitrogen and oxygen atoms in total. The summed E-state index contributed by atoms with van der Waals surface area (Å²) in [4.78, 5) is 73.0. The van der Waals surface area contributed by atoms with Crippen molar-refractivity contribution in [3.8, 4) is 0 Å². The first-order chi connectivity index (χ1) is 48.7. The zero-order chi connectivity index (χ0) is 74.6. The SMILES string of the molecule is CCC(C)CCCCCCCCCCCCCCCCCCCCC(=O)OC[C@H](COP(=O)(O)OCC(O)COP(=O)(O)OC[C@@H](COC(=O)CCCCCCCCC(C)C)OC(=O)CCCCCCCCCCCCCCCCCC(C)C)OC(=O)CCCCCCCCCCC(C)CC. The molecule has 0 saturated heterocycles. The zero-order valence-electron chi connectivity index (χ0n) is 66.5. The Morgan fingerprint density at radius 2 is 0.475 bits per heavy atom. The number of phosphoric acid groups is 2. The van der Waals surface area contributed by atoms with Gasteiger partial charge in [0.1, 0.15) is 19.3 Å². The first kappa shape index (κ1) is 99.1. The molecule has 0 amide bonds. The molecule has 0 aliphatic heterocycles. The number of carbonyl (C=O) groups is 4. The van der Waals surface area contributed by atoms with Crippen LogP contribution in [0, 0.1) is 23.7 Å². The lowest BCUT2D eigenvalue weighted by Gasteiger charge is -2.21. The van der Waals surface area contributed by atoms with Gasteiger partial charge in [0.25, 0.3) is 0 Å². The van der Waals surface area contributed by atoms with Crippen LogP contribution in [0.1, 0.15) is 421 Å². The molecule has 600 valence electrons. The molecule has 0 aromatic carbocycles. The van der Waals surface area contributed by atoms with Crippen LogP contribution >= 0.6 is 15.6 Å². The number of rotatable bonds is 79. The van der Waals surface area contributed by atoms with Gasteiger partial charge in [-0.3, -0.25) is 37.3 Å². The molecular weight excluding hydrogens is 1320 g/mol. The molecule has 0 aromatic rings. The van der Waals surface area contributed by atoms with Crippen LogP contribution in [0.25, 0.3) is 0 Å². The predicted molar refractivity (Wildman–Crippen MR) is 414 cm³/mol. The zero-order valence-corrected chi connectivity index (χ0v) is 68.3. The summed E-state index contributed by atoms with van der Waals surface area (Å²) in [6, 6.07) is 0. The van der Waals surface area contributed by atoms with Gasteiger partial charge in [-0.15, -0.1) is 0 Å². The van der Waals surface area contributed by atoms with Gasteiger partial charge in [-0.2, -0.15) is 0 Å². The molecule has 0 saturated carbocycles. The maximum absolute atomic E-state index is 13.1. The van der Waals surface area contributed by atoms with Crippen molar-refractivity contribution in [3.05, 3.63) is 0 Å². The molecule has 0 fully saturated rings. The number of phosphoric ester groups is 2. The van der Waals surface area contributed by atoms with Gasteiger partial charge in [0.05, 0.1) is 26.4 Å². The molecular formula is C82H160O17P2. The fraction of sp³-hybridized carbons (Fsp3) is 0.951. The Hall–Kier alpha value is -1.94. The first-order valence-corrected chi connectivity index (χ1v) is 45.3. The number of hydrogen-bond acceptors (Lipinski definition) is 15. The maximum atomic E-state index is 13.1. The molecule has 0 aliphatic rings. The van der Waals surface area contributed by atoms with E-state index in [1.807, 2.05) is 0 Å². The second-order valence-corrected chi connectivity index (χ2v) is 33.9. The van der Waals surface area contributed by atoms with Crippen molar-refractivity contribution in [1.29, 1.82) is 0 Å². The van der Waals surface area contributed by atoms with E-state index in [9.17, 15) is 43.2 Å². The van der Waals surface area contributed by atoms with Gasteiger partial charge < -0.3 is 33.8 Å². The molecule has 0 aromatic heterocycles.